The van der Waals surface area contributed by atoms with E-state index in [2.05, 4.69) is 45.1 Å². The van der Waals surface area contributed by atoms with Crippen LogP contribution < -0.4 is 10.2 Å². The van der Waals surface area contributed by atoms with E-state index in [1.165, 1.54) is 11.1 Å². The second kappa shape index (κ2) is 9.18. The number of rotatable bonds is 7. The second-order valence-electron chi connectivity index (χ2n) is 7.04. The van der Waals surface area contributed by atoms with E-state index < -0.39 is 0 Å². The normalized spacial score (nSPS) is 10.8. The van der Waals surface area contributed by atoms with Crippen molar-refractivity contribution in [3.63, 3.8) is 0 Å². The Morgan fingerprint density at radius 1 is 1.00 bits per heavy atom. The summed E-state index contributed by atoms with van der Waals surface area (Å²) in [6, 6.07) is 16.2. The van der Waals surface area contributed by atoms with Gasteiger partial charge in [0.25, 0.3) is 0 Å². The molecule has 0 heterocycles. The number of carbonyl (C=O) groups is 1. The van der Waals surface area contributed by atoms with Gasteiger partial charge in [-0.3, -0.25) is 5.41 Å². The number of carbonyl (C=O) groups excluding carboxylic acids is 1. The molecule has 0 aliphatic carbocycles. The van der Waals surface area contributed by atoms with Crippen LogP contribution >= 0.6 is 0 Å². The Balaban J connectivity index is 2.36. The molecule has 0 amide bonds. The summed E-state index contributed by atoms with van der Waals surface area (Å²) in [5.74, 6) is 0.978. The smallest absolute Gasteiger partial charge is 0.200 e. The van der Waals surface area contributed by atoms with E-state index in [9.17, 15) is 4.79 Å². The molecule has 0 bridgehead atoms. The molecule has 4 heteroatoms. The van der Waals surface area contributed by atoms with Crippen LogP contribution in [0, 0.1) is 5.41 Å². The lowest BCUT2D eigenvalue weighted by molar-refractivity contribution is -0.107. The number of benzene rings is 2. The Hall–Kier alpha value is -2.62. The molecule has 0 unspecified atom stereocenters. The summed E-state index contributed by atoms with van der Waals surface area (Å²) >= 11 is 0. The maximum absolute atomic E-state index is 11.0. The molecule has 0 aromatic heterocycles. The van der Waals surface area contributed by atoms with Crippen LogP contribution in [-0.4, -0.2) is 18.8 Å². The quantitative estimate of drug-likeness (QED) is 0.400. The molecule has 0 radical (unpaired) electrons. The first-order chi connectivity index (χ1) is 12.5. The van der Waals surface area contributed by atoms with Gasteiger partial charge in [0.15, 0.2) is 5.96 Å². The van der Waals surface area contributed by atoms with Crippen molar-refractivity contribution in [2.24, 2.45) is 0 Å². The van der Waals surface area contributed by atoms with E-state index in [1.807, 2.05) is 41.3 Å². The van der Waals surface area contributed by atoms with Crippen LogP contribution in [0.4, 0.5) is 11.4 Å². The summed E-state index contributed by atoms with van der Waals surface area (Å²) in [6.07, 6.45) is 1.28. The molecule has 2 aromatic rings. The maximum atomic E-state index is 11.0. The highest BCUT2D eigenvalue weighted by atomic mass is 16.1. The van der Waals surface area contributed by atoms with E-state index in [0.717, 1.165) is 17.7 Å². The molecule has 2 aromatic carbocycles. The van der Waals surface area contributed by atoms with Crippen molar-refractivity contribution in [3.05, 3.63) is 59.7 Å². The van der Waals surface area contributed by atoms with Crippen LogP contribution in [0.3, 0.4) is 0 Å². The number of aldehydes is 1. The Kier molecular flexibility index (Phi) is 6.96. The lowest BCUT2D eigenvalue weighted by Gasteiger charge is -2.29. The fourth-order valence-electron chi connectivity index (χ4n) is 3.07. The Labute approximate surface area is 156 Å². The first-order valence-corrected chi connectivity index (χ1v) is 9.20. The summed E-state index contributed by atoms with van der Waals surface area (Å²) in [7, 11) is 0. The molecular formula is C22H29N3O. The van der Waals surface area contributed by atoms with Crippen molar-refractivity contribution < 1.29 is 4.79 Å². The third kappa shape index (κ3) is 4.72. The lowest BCUT2D eigenvalue weighted by Crippen LogP contribution is -2.37. The van der Waals surface area contributed by atoms with Gasteiger partial charge in [0.1, 0.15) is 6.29 Å². The minimum absolute atomic E-state index is 0.285. The van der Waals surface area contributed by atoms with Gasteiger partial charge in [-0.25, -0.2) is 0 Å². The predicted octanol–water partition coefficient (Wildman–Crippen LogP) is 5.38. The third-order valence-electron chi connectivity index (χ3n) is 4.43. The number of anilines is 2. The van der Waals surface area contributed by atoms with Crippen LogP contribution in [0.25, 0.3) is 0 Å². The molecule has 4 nitrogen and oxygen atoms in total. The van der Waals surface area contributed by atoms with Crippen LogP contribution in [-0.2, 0) is 4.79 Å². The van der Waals surface area contributed by atoms with Crippen molar-refractivity contribution in [3.8, 4) is 0 Å². The van der Waals surface area contributed by atoms with Gasteiger partial charge in [0, 0.05) is 24.3 Å². The average Bonchev–Trinajstić information content (AvgIpc) is 2.62. The van der Waals surface area contributed by atoms with Crippen LogP contribution in [0.5, 0.6) is 0 Å². The second-order valence-corrected chi connectivity index (χ2v) is 7.04. The molecule has 0 saturated carbocycles. The van der Waals surface area contributed by atoms with Crippen molar-refractivity contribution in [2.75, 3.05) is 16.8 Å². The lowest BCUT2D eigenvalue weighted by atomic mass is 10.00. The fraction of sp³-hybridized carbons (Fsp3) is 0.364. The highest BCUT2D eigenvalue weighted by molar-refractivity contribution is 6.04. The van der Waals surface area contributed by atoms with Gasteiger partial charge < -0.3 is 15.0 Å². The van der Waals surface area contributed by atoms with Gasteiger partial charge in [-0.1, -0.05) is 64.1 Å². The van der Waals surface area contributed by atoms with Gasteiger partial charge in [-0.15, -0.1) is 0 Å². The molecule has 2 N–H and O–H groups in total. The number of para-hydroxylation sites is 2. The predicted molar refractivity (Wildman–Crippen MR) is 110 cm³/mol. The molecule has 0 atom stereocenters. The topological polar surface area (TPSA) is 56.2 Å². The van der Waals surface area contributed by atoms with E-state index in [0.29, 0.717) is 24.8 Å². The zero-order valence-electron chi connectivity index (χ0n) is 16.1. The zero-order valence-corrected chi connectivity index (χ0v) is 16.1. The molecule has 0 aliphatic rings. The molecule has 0 spiro atoms. The first-order valence-electron chi connectivity index (χ1n) is 9.20. The van der Waals surface area contributed by atoms with E-state index in [1.54, 1.807) is 0 Å². The SMILES string of the molecule is CC(C)c1ccccc1NC(=N)N(CCC=O)c1ccccc1C(C)C. The number of nitrogens with one attached hydrogen (secondary N) is 2. The van der Waals surface area contributed by atoms with Crippen molar-refractivity contribution >= 4 is 23.6 Å². The van der Waals surface area contributed by atoms with Gasteiger partial charge in [0.05, 0.1) is 0 Å². The standard InChI is InChI=1S/C22H29N3O/c1-16(2)18-10-5-7-12-20(18)24-22(23)25(14-9-15-26)21-13-8-6-11-19(21)17(3)4/h5-8,10-13,15-17H,9,14H2,1-4H3,(H2,23,24). The Morgan fingerprint density at radius 3 is 2.19 bits per heavy atom. The van der Waals surface area contributed by atoms with Gasteiger partial charge in [0.2, 0.25) is 0 Å². The molecule has 0 saturated heterocycles. The van der Waals surface area contributed by atoms with Crippen LogP contribution in [0.15, 0.2) is 48.5 Å². The van der Waals surface area contributed by atoms with Crippen molar-refractivity contribution in [1.82, 2.24) is 0 Å². The molecule has 0 fully saturated rings. The van der Waals surface area contributed by atoms with Gasteiger partial charge >= 0.3 is 0 Å². The minimum Gasteiger partial charge on any atom is -0.326 e. The molecule has 138 valence electrons. The number of guanidine groups is 1. The Morgan fingerprint density at radius 2 is 1.58 bits per heavy atom. The number of hydrogen-bond donors (Lipinski definition) is 2. The van der Waals surface area contributed by atoms with Crippen molar-refractivity contribution in [2.45, 2.75) is 46.0 Å². The Bertz CT molecular complexity index is 753. The van der Waals surface area contributed by atoms with Crippen LogP contribution in [0.2, 0.25) is 0 Å². The molecule has 2 rings (SSSR count). The van der Waals surface area contributed by atoms with Gasteiger partial charge in [-0.2, -0.15) is 0 Å². The summed E-state index contributed by atoms with van der Waals surface area (Å²) < 4.78 is 0. The number of nitrogens with zero attached hydrogens (tertiary/aromatic N) is 1. The highest BCUT2D eigenvalue weighted by Crippen LogP contribution is 2.29. The maximum Gasteiger partial charge on any atom is 0.200 e. The molecular weight excluding hydrogens is 322 g/mol. The number of hydrogen-bond acceptors (Lipinski definition) is 2. The summed E-state index contributed by atoms with van der Waals surface area (Å²) in [4.78, 5) is 12.9. The third-order valence-corrected chi connectivity index (χ3v) is 4.43. The largest absolute Gasteiger partial charge is 0.326 e. The summed E-state index contributed by atoms with van der Waals surface area (Å²) in [5, 5.41) is 11.9. The molecule has 26 heavy (non-hydrogen) atoms. The first kappa shape index (κ1) is 19.7. The fourth-order valence-corrected chi connectivity index (χ4v) is 3.07. The van der Waals surface area contributed by atoms with Gasteiger partial charge in [-0.05, 0) is 35.1 Å². The van der Waals surface area contributed by atoms with E-state index >= 15 is 0 Å². The van der Waals surface area contributed by atoms with E-state index in [-0.39, 0.29) is 5.96 Å². The molecule has 0 aliphatic heterocycles. The zero-order chi connectivity index (χ0) is 19.1. The van der Waals surface area contributed by atoms with Crippen LogP contribution in [0.1, 0.15) is 57.1 Å². The monoisotopic (exact) mass is 351 g/mol. The minimum atomic E-state index is 0.285. The average molecular weight is 351 g/mol. The van der Waals surface area contributed by atoms with E-state index in [4.69, 9.17) is 5.41 Å². The summed E-state index contributed by atoms with van der Waals surface area (Å²) in [5.41, 5.74) is 4.25. The van der Waals surface area contributed by atoms with Crippen molar-refractivity contribution in [1.29, 1.82) is 5.41 Å². The summed E-state index contributed by atoms with van der Waals surface area (Å²) in [6.45, 7) is 9.04. The highest BCUT2D eigenvalue weighted by Gasteiger charge is 2.18.